The van der Waals surface area contributed by atoms with Crippen LogP contribution in [0.5, 0.6) is 11.5 Å². The first kappa shape index (κ1) is 20.1. The fourth-order valence-electron chi connectivity index (χ4n) is 2.79. The van der Waals surface area contributed by atoms with Gasteiger partial charge in [0.25, 0.3) is 5.56 Å². The first-order valence-electron chi connectivity index (χ1n) is 9.18. The average Bonchev–Trinajstić information content (AvgIpc) is 2.68. The van der Waals surface area contributed by atoms with E-state index in [1.54, 1.807) is 20.2 Å². The van der Waals surface area contributed by atoms with Crippen LogP contribution >= 0.6 is 0 Å². The Morgan fingerprint density at radius 2 is 1.93 bits per heavy atom. The predicted molar refractivity (Wildman–Crippen MR) is 114 cm³/mol. The number of nitrogens with one attached hydrogen (secondary N) is 2. The second-order valence-electron chi connectivity index (χ2n) is 6.73. The number of aromatic amines is 1. The summed E-state index contributed by atoms with van der Waals surface area (Å²) in [6.07, 6.45) is 1.61. The molecule has 1 heterocycles. The molecule has 0 aliphatic heterocycles. The summed E-state index contributed by atoms with van der Waals surface area (Å²) >= 11 is 0. The zero-order valence-electron chi connectivity index (χ0n) is 16.9. The Kier molecular flexibility index (Phi) is 6.29. The molecule has 150 valence electrons. The molecule has 0 saturated carbocycles. The van der Waals surface area contributed by atoms with E-state index in [9.17, 15) is 4.79 Å². The third-order valence-electron chi connectivity index (χ3n) is 4.33. The van der Waals surface area contributed by atoms with E-state index in [1.807, 2.05) is 18.2 Å². The zero-order chi connectivity index (χ0) is 20.8. The van der Waals surface area contributed by atoms with Crippen molar-refractivity contribution in [1.29, 1.82) is 0 Å². The summed E-state index contributed by atoms with van der Waals surface area (Å²) in [6, 6.07) is 13.3. The Hall–Kier alpha value is -3.61. The van der Waals surface area contributed by atoms with Crippen molar-refractivity contribution in [3.05, 3.63) is 80.8 Å². The maximum Gasteiger partial charge on any atom is 0.252 e. The lowest BCUT2D eigenvalue weighted by atomic mass is 10.1. The Labute approximate surface area is 169 Å². The van der Waals surface area contributed by atoms with Gasteiger partial charge in [-0.1, -0.05) is 23.8 Å². The second kappa shape index (κ2) is 9.05. The van der Waals surface area contributed by atoms with Crippen molar-refractivity contribution >= 4 is 12.2 Å². The van der Waals surface area contributed by atoms with Crippen molar-refractivity contribution in [3.8, 4) is 11.5 Å². The number of hydrogen-bond acceptors (Lipinski definition) is 6. The van der Waals surface area contributed by atoms with E-state index in [1.165, 1.54) is 17.2 Å². The number of methoxy groups -OCH3 is 1. The molecule has 1 aromatic heterocycles. The number of hydrazone groups is 1. The summed E-state index contributed by atoms with van der Waals surface area (Å²) in [5, 5.41) is 4.11. The third kappa shape index (κ3) is 5.44. The quantitative estimate of drug-likeness (QED) is 0.472. The number of hydrogen-bond donors (Lipinski definition) is 2. The van der Waals surface area contributed by atoms with Gasteiger partial charge in [-0.05, 0) is 55.7 Å². The minimum Gasteiger partial charge on any atom is -0.493 e. The first-order chi connectivity index (χ1) is 13.9. The Morgan fingerprint density at radius 3 is 2.69 bits per heavy atom. The van der Waals surface area contributed by atoms with Gasteiger partial charge in [-0.2, -0.15) is 5.10 Å². The van der Waals surface area contributed by atoms with E-state index in [0.29, 0.717) is 23.8 Å². The summed E-state index contributed by atoms with van der Waals surface area (Å²) in [7, 11) is 1.60. The molecule has 0 atom stereocenters. The van der Waals surface area contributed by atoms with Crippen molar-refractivity contribution in [2.75, 3.05) is 12.5 Å². The summed E-state index contributed by atoms with van der Waals surface area (Å²) in [4.78, 5) is 18.2. The van der Waals surface area contributed by atoms with Crippen molar-refractivity contribution in [2.24, 2.45) is 5.10 Å². The lowest BCUT2D eigenvalue weighted by Crippen LogP contribution is -2.10. The number of H-pyrrole nitrogens is 1. The molecular formula is C22H24N4O3. The van der Waals surface area contributed by atoms with Gasteiger partial charge in [0.15, 0.2) is 11.5 Å². The highest BCUT2D eigenvalue weighted by Gasteiger charge is 2.07. The molecule has 0 aliphatic rings. The molecule has 0 saturated heterocycles. The minimum absolute atomic E-state index is 0.234. The highest BCUT2D eigenvalue weighted by atomic mass is 16.5. The van der Waals surface area contributed by atoms with E-state index in [2.05, 4.69) is 52.5 Å². The predicted octanol–water partition coefficient (Wildman–Crippen LogP) is 3.73. The number of aromatic nitrogens is 2. The Balaban J connectivity index is 1.69. The maximum atomic E-state index is 11.5. The number of ether oxygens (including phenoxy) is 2. The number of rotatable bonds is 7. The van der Waals surface area contributed by atoms with Gasteiger partial charge in [0.1, 0.15) is 6.61 Å². The van der Waals surface area contributed by atoms with Gasteiger partial charge in [-0.3, -0.25) is 9.78 Å². The van der Waals surface area contributed by atoms with Crippen LogP contribution in [0.1, 0.15) is 27.9 Å². The maximum absolute atomic E-state index is 11.5. The minimum atomic E-state index is -0.234. The standard InChI is InChI=1S/C22H24N4O3/c1-14-5-6-15(2)18(9-14)13-29-19-8-7-17(11-20(19)28-4)12-23-26-22-24-16(3)10-21(27)25-22/h5-12H,13H2,1-4H3,(H2,24,25,26,27)/b23-12-. The van der Waals surface area contributed by atoms with Gasteiger partial charge in [0.2, 0.25) is 5.95 Å². The van der Waals surface area contributed by atoms with Gasteiger partial charge in [0.05, 0.1) is 13.3 Å². The summed E-state index contributed by atoms with van der Waals surface area (Å²) in [6.45, 7) is 6.34. The van der Waals surface area contributed by atoms with E-state index in [0.717, 1.165) is 11.1 Å². The number of nitrogens with zero attached hydrogens (tertiary/aromatic N) is 2. The molecule has 3 aromatic rings. The molecule has 0 radical (unpaired) electrons. The van der Waals surface area contributed by atoms with Gasteiger partial charge in [0, 0.05) is 11.8 Å². The number of anilines is 1. The molecule has 0 amide bonds. The van der Waals surface area contributed by atoms with Crippen molar-refractivity contribution in [2.45, 2.75) is 27.4 Å². The average molecular weight is 392 g/mol. The first-order valence-corrected chi connectivity index (χ1v) is 9.18. The Bertz CT molecular complexity index is 1090. The second-order valence-corrected chi connectivity index (χ2v) is 6.73. The van der Waals surface area contributed by atoms with Gasteiger partial charge < -0.3 is 9.47 Å². The third-order valence-corrected chi connectivity index (χ3v) is 4.33. The van der Waals surface area contributed by atoms with Gasteiger partial charge in [-0.25, -0.2) is 10.4 Å². The van der Waals surface area contributed by atoms with E-state index in [-0.39, 0.29) is 11.5 Å². The molecule has 0 fully saturated rings. The van der Waals surface area contributed by atoms with Crippen molar-refractivity contribution in [1.82, 2.24) is 9.97 Å². The Morgan fingerprint density at radius 1 is 1.10 bits per heavy atom. The molecule has 3 rings (SSSR count). The highest BCUT2D eigenvalue weighted by molar-refractivity contribution is 5.81. The van der Waals surface area contributed by atoms with Crippen LogP contribution in [-0.2, 0) is 6.61 Å². The van der Waals surface area contributed by atoms with Crippen molar-refractivity contribution in [3.63, 3.8) is 0 Å². The van der Waals surface area contributed by atoms with Gasteiger partial charge >= 0.3 is 0 Å². The molecule has 0 aliphatic carbocycles. The number of benzene rings is 2. The van der Waals surface area contributed by atoms with E-state index >= 15 is 0 Å². The lowest BCUT2D eigenvalue weighted by molar-refractivity contribution is 0.284. The van der Waals surface area contributed by atoms with E-state index < -0.39 is 0 Å². The monoisotopic (exact) mass is 392 g/mol. The molecule has 2 aromatic carbocycles. The molecule has 0 unspecified atom stereocenters. The molecular weight excluding hydrogens is 368 g/mol. The molecule has 2 N–H and O–H groups in total. The fraction of sp³-hybridized carbons (Fsp3) is 0.227. The van der Waals surface area contributed by atoms with Crippen LogP contribution in [-0.4, -0.2) is 23.3 Å². The number of aryl methyl sites for hydroxylation is 3. The van der Waals surface area contributed by atoms with Crippen molar-refractivity contribution < 1.29 is 9.47 Å². The van der Waals surface area contributed by atoms with Crippen LogP contribution in [0, 0.1) is 20.8 Å². The topological polar surface area (TPSA) is 88.6 Å². The molecule has 29 heavy (non-hydrogen) atoms. The zero-order valence-corrected chi connectivity index (χ0v) is 16.9. The molecule has 7 nitrogen and oxygen atoms in total. The highest BCUT2D eigenvalue weighted by Crippen LogP contribution is 2.28. The lowest BCUT2D eigenvalue weighted by Gasteiger charge is -2.13. The van der Waals surface area contributed by atoms with Crippen LogP contribution in [0.25, 0.3) is 0 Å². The van der Waals surface area contributed by atoms with Crippen LogP contribution in [0.3, 0.4) is 0 Å². The summed E-state index contributed by atoms with van der Waals surface area (Å²) in [5.41, 5.74) is 7.43. The molecule has 7 heteroatoms. The molecule has 0 spiro atoms. The summed E-state index contributed by atoms with van der Waals surface area (Å²) < 4.78 is 11.4. The normalized spacial score (nSPS) is 10.9. The van der Waals surface area contributed by atoms with Crippen LogP contribution < -0.4 is 20.5 Å². The van der Waals surface area contributed by atoms with Gasteiger partial charge in [-0.15, -0.1) is 0 Å². The van der Waals surface area contributed by atoms with Crippen LogP contribution in [0.2, 0.25) is 0 Å². The smallest absolute Gasteiger partial charge is 0.252 e. The van der Waals surface area contributed by atoms with E-state index in [4.69, 9.17) is 9.47 Å². The van der Waals surface area contributed by atoms with Crippen LogP contribution in [0.4, 0.5) is 5.95 Å². The largest absolute Gasteiger partial charge is 0.493 e. The summed E-state index contributed by atoms with van der Waals surface area (Å²) in [5.74, 6) is 1.55. The fourth-order valence-corrected chi connectivity index (χ4v) is 2.79. The molecule has 0 bridgehead atoms. The SMILES string of the molecule is COc1cc(/C=N\Nc2nc(C)cc(=O)[nH]2)ccc1OCc1cc(C)ccc1C. The van der Waals surface area contributed by atoms with Crippen LogP contribution in [0.15, 0.2) is 52.4 Å².